The number of nitrogen functional groups attached to an aromatic ring is 1. The van der Waals surface area contributed by atoms with Crippen LogP contribution in [-0.2, 0) is 0 Å². The number of nitrogens with two attached hydrogens (primary N) is 2. The normalized spacial score (nSPS) is 13.7. The molecule has 4 rings (SSSR count). The number of rotatable bonds is 6. The highest BCUT2D eigenvalue weighted by atomic mass is 35.5. The van der Waals surface area contributed by atoms with Crippen molar-refractivity contribution in [2.24, 2.45) is 5.73 Å². The van der Waals surface area contributed by atoms with Crippen LogP contribution in [0.2, 0.25) is 5.02 Å². The van der Waals surface area contributed by atoms with Crippen LogP contribution in [0.3, 0.4) is 0 Å². The summed E-state index contributed by atoms with van der Waals surface area (Å²) in [5.74, 6) is -0.634. The van der Waals surface area contributed by atoms with Gasteiger partial charge in [0, 0.05) is 23.7 Å². The summed E-state index contributed by atoms with van der Waals surface area (Å²) in [4.78, 5) is 34.6. The number of thiophene rings is 1. The van der Waals surface area contributed by atoms with Crippen molar-refractivity contribution in [1.29, 1.82) is 0 Å². The summed E-state index contributed by atoms with van der Waals surface area (Å²) in [5.41, 5.74) is 13.0. The molecule has 2 aromatic heterocycles. The lowest BCUT2D eigenvalue weighted by Crippen LogP contribution is -2.32. The van der Waals surface area contributed by atoms with Gasteiger partial charge in [-0.05, 0) is 12.1 Å². The largest absolute Gasteiger partial charge is 0.462 e. The number of carbonyl (C=O) groups is 2. The molecule has 1 saturated heterocycles. The van der Waals surface area contributed by atoms with Crippen LogP contribution >= 0.6 is 22.9 Å². The molecule has 0 atom stereocenters. The van der Waals surface area contributed by atoms with Crippen molar-refractivity contribution < 1.29 is 14.3 Å². The van der Waals surface area contributed by atoms with Crippen molar-refractivity contribution in [1.82, 2.24) is 20.2 Å². The number of hydrogen-bond acceptors (Lipinski definition) is 7. The summed E-state index contributed by atoms with van der Waals surface area (Å²) in [6.07, 6.45) is 0. The smallest absolute Gasteiger partial charge is 0.318 e. The molecule has 11 heteroatoms. The Kier molecular flexibility index (Phi) is 5.12. The third kappa shape index (κ3) is 3.76. The van der Waals surface area contributed by atoms with Gasteiger partial charge in [0.25, 0.3) is 5.91 Å². The summed E-state index contributed by atoms with van der Waals surface area (Å²) in [6.45, 7) is 1.86. The first-order chi connectivity index (χ1) is 13.9. The molecule has 1 fully saturated rings. The summed E-state index contributed by atoms with van der Waals surface area (Å²) < 4.78 is 5.70. The Labute approximate surface area is 174 Å². The SMILES string of the molecule is NC(=O)c1sc2nc(OCCN3CCNC3=O)nc(-c3cccc(Cl)c3)c2c1N. The van der Waals surface area contributed by atoms with Gasteiger partial charge in [-0.1, -0.05) is 23.7 Å². The highest BCUT2D eigenvalue weighted by Gasteiger charge is 2.22. The van der Waals surface area contributed by atoms with E-state index in [4.69, 9.17) is 27.8 Å². The first-order valence-electron chi connectivity index (χ1n) is 8.75. The van der Waals surface area contributed by atoms with Crippen molar-refractivity contribution in [3.63, 3.8) is 0 Å². The highest BCUT2D eigenvalue weighted by Crippen LogP contribution is 2.39. The second-order valence-electron chi connectivity index (χ2n) is 6.32. The molecular formula is C18H17ClN6O3S. The van der Waals surface area contributed by atoms with Gasteiger partial charge in [-0.25, -0.2) is 4.79 Å². The van der Waals surface area contributed by atoms with Gasteiger partial charge in [0.05, 0.1) is 23.3 Å². The van der Waals surface area contributed by atoms with Crippen LogP contribution in [-0.4, -0.2) is 53.0 Å². The number of nitrogens with zero attached hydrogens (tertiary/aromatic N) is 3. The molecule has 0 saturated carbocycles. The van der Waals surface area contributed by atoms with E-state index in [-0.39, 0.29) is 29.2 Å². The van der Waals surface area contributed by atoms with Crippen LogP contribution in [0.5, 0.6) is 6.01 Å². The molecule has 0 unspecified atom stereocenters. The Hall–Kier alpha value is -3.11. The highest BCUT2D eigenvalue weighted by molar-refractivity contribution is 7.21. The van der Waals surface area contributed by atoms with Crippen LogP contribution in [0.15, 0.2) is 24.3 Å². The monoisotopic (exact) mass is 432 g/mol. The number of aromatic nitrogens is 2. The lowest BCUT2D eigenvalue weighted by molar-refractivity contribution is 0.100. The second kappa shape index (κ2) is 7.72. The van der Waals surface area contributed by atoms with Gasteiger partial charge in [0.15, 0.2) is 0 Å². The Bertz CT molecular complexity index is 1120. The number of fused-ring (bicyclic) bond motifs is 1. The van der Waals surface area contributed by atoms with E-state index < -0.39 is 5.91 Å². The average molecular weight is 433 g/mol. The fourth-order valence-electron chi connectivity index (χ4n) is 3.07. The Morgan fingerprint density at radius 3 is 2.90 bits per heavy atom. The molecule has 0 spiro atoms. The maximum atomic E-state index is 11.7. The molecule has 5 N–H and O–H groups in total. The van der Waals surface area contributed by atoms with E-state index in [1.54, 1.807) is 23.1 Å². The maximum absolute atomic E-state index is 11.7. The Morgan fingerprint density at radius 1 is 1.38 bits per heavy atom. The van der Waals surface area contributed by atoms with Crippen LogP contribution in [0.4, 0.5) is 10.5 Å². The van der Waals surface area contributed by atoms with Crippen molar-refractivity contribution >= 4 is 50.8 Å². The van der Waals surface area contributed by atoms with Gasteiger partial charge in [0.1, 0.15) is 16.3 Å². The average Bonchev–Trinajstić information content (AvgIpc) is 3.24. The van der Waals surface area contributed by atoms with Crippen LogP contribution in [0.25, 0.3) is 21.5 Å². The van der Waals surface area contributed by atoms with Gasteiger partial charge < -0.3 is 26.4 Å². The molecule has 3 heterocycles. The van der Waals surface area contributed by atoms with Gasteiger partial charge >= 0.3 is 12.0 Å². The lowest BCUT2D eigenvalue weighted by atomic mass is 10.1. The topological polar surface area (TPSA) is 136 Å². The third-order valence-electron chi connectivity index (χ3n) is 4.43. The van der Waals surface area contributed by atoms with E-state index in [2.05, 4.69) is 15.3 Å². The summed E-state index contributed by atoms with van der Waals surface area (Å²) >= 11 is 7.21. The molecule has 0 aliphatic carbocycles. The van der Waals surface area contributed by atoms with Gasteiger partial charge in [-0.15, -0.1) is 11.3 Å². The molecule has 29 heavy (non-hydrogen) atoms. The molecular weight excluding hydrogens is 416 g/mol. The number of hydrogen-bond donors (Lipinski definition) is 3. The summed E-state index contributed by atoms with van der Waals surface area (Å²) in [5, 5.41) is 3.78. The minimum atomic E-state index is -0.634. The van der Waals surface area contributed by atoms with Crippen molar-refractivity contribution in [3.8, 4) is 17.3 Å². The molecule has 1 aromatic carbocycles. The number of halogens is 1. The predicted molar refractivity (Wildman–Crippen MR) is 111 cm³/mol. The van der Waals surface area contributed by atoms with E-state index >= 15 is 0 Å². The molecule has 1 aliphatic rings. The first-order valence-corrected chi connectivity index (χ1v) is 9.95. The zero-order valence-corrected chi connectivity index (χ0v) is 16.7. The standard InChI is InChI=1S/C18H17ClN6O3S/c19-10-3-1-2-9(8-10)13-11-12(20)14(15(21)26)29-16(11)24-17(23-13)28-7-6-25-5-4-22-18(25)27/h1-3,8H,4-7,20H2,(H2,21,26)(H,22,27). The first kappa shape index (κ1) is 19.2. The van der Waals surface area contributed by atoms with Gasteiger partial charge in [-0.2, -0.15) is 9.97 Å². The van der Waals surface area contributed by atoms with Crippen LogP contribution in [0.1, 0.15) is 9.67 Å². The molecule has 0 radical (unpaired) electrons. The maximum Gasteiger partial charge on any atom is 0.318 e. The van der Waals surface area contributed by atoms with E-state index in [9.17, 15) is 9.59 Å². The Balaban J connectivity index is 1.72. The lowest BCUT2D eigenvalue weighted by Gasteiger charge is -2.14. The van der Waals surface area contributed by atoms with E-state index in [1.165, 1.54) is 0 Å². The fraction of sp³-hybridized carbons (Fsp3) is 0.222. The number of benzene rings is 1. The number of urea groups is 1. The third-order valence-corrected chi connectivity index (χ3v) is 5.78. The second-order valence-corrected chi connectivity index (χ2v) is 7.76. The number of carbonyl (C=O) groups excluding carboxylic acids is 2. The molecule has 150 valence electrons. The minimum absolute atomic E-state index is 0.115. The molecule has 0 bridgehead atoms. The Morgan fingerprint density at radius 2 is 2.21 bits per heavy atom. The summed E-state index contributed by atoms with van der Waals surface area (Å²) in [7, 11) is 0. The van der Waals surface area contributed by atoms with Crippen molar-refractivity contribution in [2.75, 3.05) is 32.0 Å². The number of ether oxygens (including phenoxy) is 1. The van der Waals surface area contributed by atoms with Crippen LogP contribution < -0.4 is 21.5 Å². The number of nitrogens with one attached hydrogen (secondary N) is 1. The molecule has 9 nitrogen and oxygen atoms in total. The van der Waals surface area contributed by atoms with Gasteiger partial charge in [-0.3, -0.25) is 4.79 Å². The molecule has 1 aliphatic heterocycles. The zero-order valence-electron chi connectivity index (χ0n) is 15.1. The fourth-order valence-corrected chi connectivity index (χ4v) is 4.19. The molecule has 3 amide bonds. The zero-order chi connectivity index (χ0) is 20.5. The number of primary amides is 1. The van der Waals surface area contributed by atoms with E-state index in [0.29, 0.717) is 46.1 Å². The molecule has 3 aromatic rings. The minimum Gasteiger partial charge on any atom is -0.462 e. The van der Waals surface area contributed by atoms with E-state index in [0.717, 1.165) is 11.3 Å². The van der Waals surface area contributed by atoms with E-state index in [1.807, 2.05) is 6.07 Å². The van der Waals surface area contributed by atoms with Crippen molar-refractivity contribution in [2.45, 2.75) is 0 Å². The number of anilines is 1. The van der Waals surface area contributed by atoms with Crippen LogP contribution in [0, 0.1) is 0 Å². The summed E-state index contributed by atoms with van der Waals surface area (Å²) in [6, 6.07) is 7.09. The van der Waals surface area contributed by atoms with Crippen molar-refractivity contribution in [3.05, 3.63) is 34.2 Å². The number of amides is 3. The van der Waals surface area contributed by atoms with Gasteiger partial charge in [0.2, 0.25) is 0 Å². The predicted octanol–water partition coefficient (Wildman–Crippen LogP) is 2.10. The quantitative estimate of drug-likeness (QED) is 0.545.